The second-order valence-corrected chi connectivity index (χ2v) is 5.71. The molecular formula is C17H15N3OS. The third kappa shape index (κ3) is 3.20. The van der Waals surface area contributed by atoms with Crippen molar-refractivity contribution < 1.29 is 4.79 Å². The summed E-state index contributed by atoms with van der Waals surface area (Å²) in [7, 11) is 0. The maximum absolute atomic E-state index is 12.2. The van der Waals surface area contributed by atoms with Crippen LogP contribution in [-0.2, 0) is 6.54 Å². The molecule has 5 heteroatoms. The number of carbonyl (C=O) groups excluding carboxylic acids is 1. The summed E-state index contributed by atoms with van der Waals surface area (Å²) < 4.78 is 0. The second kappa shape index (κ2) is 6.49. The molecule has 1 aromatic carbocycles. The monoisotopic (exact) mass is 309 g/mol. The molecule has 0 aliphatic heterocycles. The van der Waals surface area contributed by atoms with Gasteiger partial charge in [-0.25, -0.2) is 4.98 Å². The van der Waals surface area contributed by atoms with Crippen LogP contribution < -0.4 is 5.32 Å². The maximum atomic E-state index is 12.2. The fraction of sp³-hybridized carbons (Fsp3) is 0.118. The number of rotatable bonds is 4. The van der Waals surface area contributed by atoms with E-state index in [0.29, 0.717) is 12.1 Å². The molecule has 2 heterocycles. The fourth-order valence-corrected chi connectivity index (χ4v) is 2.88. The molecule has 22 heavy (non-hydrogen) atoms. The normalized spacial score (nSPS) is 10.4. The Morgan fingerprint density at radius 1 is 1.18 bits per heavy atom. The Bertz CT molecular complexity index is 783. The van der Waals surface area contributed by atoms with Gasteiger partial charge in [0.15, 0.2) is 0 Å². The quantitative estimate of drug-likeness (QED) is 0.803. The average molecular weight is 309 g/mol. The summed E-state index contributed by atoms with van der Waals surface area (Å²) in [6.07, 6.45) is 1.75. The molecule has 1 amide bonds. The molecule has 3 rings (SSSR count). The van der Waals surface area contributed by atoms with Crippen molar-refractivity contribution >= 4 is 17.2 Å². The van der Waals surface area contributed by atoms with Gasteiger partial charge < -0.3 is 5.32 Å². The van der Waals surface area contributed by atoms with Crippen LogP contribution in [0.15, 0.2) is 54.0 Å². The zero-order valence-electron chi connectivity index (χ0n) is 12.1. The van der Waals surface area contributed by atoms with Gasteiger partial charge in [0.1, 0.15) is 5.01 Å². The Balaban J connectivity index is 1.67. The zero-order chi connectivity index (χ0) is 15.4. The number of benzene rings is 1. The van der Waals surface area contributed by atoms with Crippen molar-refractivity contribution in [3.63, 3.8) is 0 Å². The molecule has 0 radical (unpaired) electrons. The van der Waals surface area contributed by atoms with Gasteiger partial charge in [-0.15, -0.1) is 11.3 Å². The summed E-state index contributed by atoms with van der Waals surface area (Å²) in [5.41, 5.74) is 3.35. The fourth-order valence-electron chi connectivity index (χ4n) is 2.09. The van der Waals surface area contributed by atoms with E-state index < -0.39 is 0 Å². The summed E-state index contributed by atoms with van der Waals surface area (Å²) >= 11 is 1.53. The molecule has 0 saturated heterocycles. The SMILES string of the molecule is Cc1ccccc1C(=O)NCc1csc(-c2ccccn2)n1. The number of pyridine rings is 1. The smallest absolute Gasteiger partial charge is 0.251 e. The summed E-state index contributed by atoms with van der Waals surface area (Å²) in [5, 5.41) is 5.71. The minimum atomic E-state index is -0.0783. The van der Waals surface area contributed by atoms with E-state index >= 15 is 0 Å². The highest BCUT2D eigenvalue weighted by atomic mass is 32.1. The molecule has 3 aromatic rings. The Hall–Kier alpha value is -2.53. The molecule has 1 N–H and O–H groups in total. The molecule has 0 saturated carbocycles. The number of thiazole rings is 1. The first-order valence-corrected chi connectivity index (χ1v) is 7.81. The van der Waals surface area contributed by atoms with Crippen LogP contribution in [0.1, 0.15) is 21.6 Å². The molecule has 0 aliphatic rings. The number of carbonyl (C=O) groups is 1. The number of aryl methyl sites for hydroxylation is 1. The lowest BCUT2D eigenvalue weighted by molar-refractivity contribution is 0.0950. The van der Waals surface area contributed by atoms with Gasteiger partial charge in [-0.1, -0.05) is 24.3 Å². The van der Waals surface area contributed by atoms with Gasteiger partial charge in [-0.05, 0) is 30.7 Å². The molecule has 110 valence electrons. The maximum Gasteiger partial charge on any atom is 0.251 e. The highest BCUT2D eigenvalue weighted by molar-refractivity contribution is 7.13. The molecular weight excluding hydrogens is 294 g/mol. The molecule has 2 aromatic heterocycles. The van der Waals surface area contributed by atoms with Crippen molar-refractivity contribution in [3.05, 3.63) is 70.9 Å². The van der Waals surface area contributed by atoms with E-state index in [-0.39, 0.29) is 5.91 Å². The van der Waals surface area contributed by atoms with Crippen molar-refractivity contribution in [2.75, 3.05) is 0 Å². The van der Waals surface area contributed by atoms with Crippen LogP contribution in [0.4, 0.5) is 0 Å². The van der Waals surface area contributed by atoms with Gasteiger partial charge in [0.25, 0.3) is 5.91 Å². The van der Waals surface area contributed by atoms with E-state index in [9.17, 15) is 4.79 Å². The largest absolute Gasteiger partial charge is 0.346 e. The highest BCUT2D eigenvalue weighted by Crippen LogP contribution is 2.21. The molecule has 0 spiro atoms. The van der Waals surface area contributed by atoms with Crippen LogP contribution in [-0.4, -0.2) is 15.9 Å². The standard InChI is InChI=1S/C17H15N3OS/c1-12-6-2-3-7-14(12)16(21)19-10-13-11-22-17(20-13)15-8-4-5-9-18-15/h2-9,11H,10H2,1H3,(H,19,21). The van der Waals surface area contributed by atoms with Crippen LogP contribution in [0.5, 0.6) is 0 Å². The van der Waals surface area contributed by atoms with Gasteiger partial charge in [0.05, 0.1) is 17.9 Å². The lowest BCUT2D eigenvalue weighted by atomic mass is 10.1. The van der Waals surface area contributed by atoms with Crippen molar-refractivity contribution in [2.45, 2.75) is 13.5 Å². The third-order valence-electron chi connectivity index (χ3n) is 3.26. The first-order chi connectivity index (χ1) is 10.7. The second-order valence-electron chi connectivity index (χ2n) is 4.86. The van der Waals surface area contributed by atoms with E-state index in [2.05, 4.69) is 15.3 Å². The third-order valence-corrected chi connectivity index (χ3v) is 4.17. The average Bonchev–Trinajstić information content (AvgIpc) is 3.03. The van der Waals surface area contributed by atoms with Gasteiger partial charge in [0, 0.05) is 17.1 Å². The van der Waals surface area contributed by atoms with Crippen molar-refractivity contribution in [1.82, 2.24) is 15.3 Å². The van der Waals surface area contributed by atoms with Crippen molar-refractivity contribution in [2.24, 2.45) is 0 Å². The number of hydrogen-bond acceptors (Lipinski definition) is 4. The number of nitrogens with zero attached hydrogens (tertiary/aromatic N) is 2. The molecule has 0 aliphatic carbocycles. The van der Waals surface area contributed by atoms with Crippen LogP contribution >= 0.6 is 11.3 Å². The first-order valence-electron chi connectivity index (χ1n) is 6.93. The van der Waals surface area contributed by atoms with Gasteiger partial charge >= 0.3 is 0 Å². The summed E-state index contributed by atoms with van der Waals surface area (Å²) in [6.45, 7) is 2.34. The predicted octanol–water partition coefficient (Wildman–Crippen LogP) is 3.44. The van der Waals surface area contributed by atoms with E-state index in [1.807, 2.05) is 54.8 Å². The number of amides is 1. The molecule has 4 nitrogen and oxygen atoms in total. The Morgan fingerprint density at radius 2 is 2.00 bits per heavy atom. The Labute approximate surface area is 132 Å². The van der Waals surface area contributed by atoms with Gasteiger partial charge in [0.2, 0.25) is 0 Å². The number of hydrogen-bond donors (Lipinski definition) is 1. The van der Waals surface area contributed by atoms with Crippen molar-refractivity contribution in [1.29, 1.82) is 0 Å². The number of nitrogens with one attached hydrogen (secondary N) is 1. The van der Waals surface area contributed by atoms with Crippen molar-refractivity contribution in [3.8, 4) is 10.7 Å². The van der Waals surface area contributed by atoms with Crippen LogP contribution in [0.25, 0.3) is 10.7 Å². The van der Waals surface area contributed by atoms with E-state index in [1.54, 1.807) is 6.20 Å². The Kier molecular flexibility index (Phi) is 4.25. The van der Waals surface area contributed by atoms with E-state index in [1.165, 1.54) is 11.3 Å². The summed E-state index contributed by atoms with van der Waals surface area (Å²) in [5.74, 6) is -0.0783. The van der Waals surface area contributed by atoms with Crippen LogP contribution in [0.3, 0.4) is 0 Å². The highest BCUT2D eigenvalue weighted by Gasteiger charge is 2.10. The van der Waals surface area contributed by atoms with E-state index in [4.69, 9.17) is 0 Å². The predicted molar refractivity (Wildman–Crippen MR) is 87.7 cm³/mol. The molecule has 0 unspecified atom stereocenters. The Morgan fingerprint density at radius 3 is 2.77 bits per heavy atom. The molecule has 0 fully saturated rings. The zero-order valence-corrected chi connectivity index (χ0v) is 12.9. The summed E-state index contributed by atoms with van der Waals surface area (Å²) in [4.78, 5) is 21.0. The van der Waals surface area contributed by atoms with Crippen LogP contribution in [0, 0.1) is 6.92 Å². The van der Waals surface area contributed by atoms with Gasteiger partial charge in [-0.3, -0.25) is 9.78 Å². The topological polar surface area (TPSA) is 54.9 Å². The first kappa shape index (κ1) is 14.4. The lowest BCUT2D eigenvalue weighted by Gasteiger charge is -2.05. The summed E-state index contributed by atoms with van der Waals surface area (Å²) in [6, 6.07) is 13.3. The van der Waals surface area contributed by atoms with Gasteiger partial charge in [-0.2, -0.15) is 0 Å². The lowest BCUT2D eigenvalue weighted by Crippen LogP contribution is -2.23. The minimum absolute atomic E-state index is 0.0783. The van der Waals surface area contributed by atoms with E-state index in [0.717, 1.165) is 22.0 Å². The van der Waals surface area contributed by atoms with Crippen LogP contribution in [0.2, 0.25) is 0 Å². The number of aromatic nitrogens is 2. The molecule has 0 bridgehead atoms. The minimum Gasteiger partial charge on any atom is -0.346 e. The molecule has 0 atom stereocenters.